The van der Waals surface area contributed by atoms with Crippen LogP contribution in [0.5, 0.6) is 0 Å². The molecule has 0 radical (unpaired) electrons. The highest BCUT2D eigenvalue weighted by Gasteiger charge is 2.12. The van der Waals surface area contributed by atoms with Crippen LogP contribution in [0.3, 0.4) is 0 Å². The van der Waals surface area contributed by atoms with E-state index in [0.29, 0.717) is 0 Å². The van der Waals surface area contributed by atoms with Crippen molar-refractivity contribution in [1.82, 2.24) is 0 Å². The van der Waals surface area contributed by atoms with Crippen molar-refractivity contribution in [3.63, 3.8) is 0 Å². The number of benzene rings is 1. The molecule has 2 N–H and O–H groups in total. The van der Waals surface area contributed by atoms with E-state index in [1.165, 1.54) is 11.6 Å². The van der Waals surface area contributed by atoms with Gasteiger partial charge in [0.1, 0.15) is 0 Å². The molecule has 0 fully saturated rings. The summed E-state index contributed by atoms with van der Waals surface area (Å²) < 4.78 is 0. The van der Waals surface area contributed by atoms with E-state index in [1.807, 2.05) is 12.1 Å². The first-order valence-electron chi connectivity index (χ1n) is 4.82. The maximum absolute atomic E-state index is 5.87. The lowest BCUT2D eigenvalue weighted by atomic mass is 10.1. The van der Waals surface area contributed by atoms with E-state index in [-0.39, 0.29) is 0 Å². The van der Waals surface area contributed by atoms with Crippen LogP contribution in [0.25, 0.3) is 0 Å². The summed E-state index contributed by atoms with van der Waals surface area (Å²) in [4.78, 5) is 0. The Kier molecular flexibility index (Phi) is 3.15. The zero-order chi connectivity index (χ0) is 9.90. The fourth-order valence-corrected chi connectivity index (χ4v) is 2.29. The molecule has 0 aliphatic rings. The van der Waals surface area contributed by atoms with Crippen molar-refractivity contribution in [2.75, 3.05) is 5.73 Å². The van der Waals surface area contributed by atoms with Gasteiger partial charge >= 0.3 is 0 Å². The highest BCUT2D eigenvalue weighted by molar-refractivity contribution is 6.76. The van der Waals surface area contributed by atoms with Gasteiger partial charge in [0.25, 0.3) is 0 Å². The van der Waals surface area contributed by atoms with Gasteiger partial charge in [0.05, 0.1) is 0 Å². The van der Waals surface area contributed by atoms with Crippen LogP contribution in [-0.2, 0) is 6.42 Å². The third kappa shape index (κ3) is 3.64. The van der Waals surface area contributed by atoms with Gasteiger partial charge in [0.2, 0.25) is 0 Å². The van der Waals surface area contributed by atoms with Gasteiger partial charge in [-0.2, -0.15) is 0 Å². The highest BCUT2D eigenvalue weighted by atomic mass is 28.3. The Morgan fingerprint density at radius 1 is 1.15 bits per heavy atom. The molecule has 72 valence electrons. The van der Waals surface area contributed by atoms with Crippen molar-refractivity contribution in [2.45, 2.75) is 32.1 Å². The second-order valence-corrected chi connectivity index (χ2v) is 10.4. The van der Waals surface area contributed by atoms with Crippen molar-refractivity contribution in [3.05, 3.63) is 29.8 Å². The lowest BCUT2D eigenvalue weighted by Gasteiger charge is -2.15. The van der Waals surface area contributed by atoms with Gasteiger partial charge in [-0.1, -0.05) is 43.9 Å². The largest absolute Gasteiger partial charge is 0.399 e. The minimum atomic E-state index is -0.918. The van der Waals surface area contributed by atoms with Gasteiger partial charge < -0.3 is 5.73 Å². The third-order valence-corrected chi connectivity index (χ3v) is 3.95. The number of hydrogen-bond donors (Lipinski definition) is 1. The average molecular weight is 193 g/mol. The monoisotopic (exact) mass is 193 g/mol. The number of rotatable bonds is 3. The summed E-state index contributed by atoms with van der Waals surface area (Å²) in [7, 11) is -0.918. The smallest absolute Gasteiger partial charge is 0.0445 e. The van der Waals surface area contributed by atoms with Crippen LogP contribution >= 0.6 is 0 Å². The highest BCUT2D eigenvalue weighted by Crippen LogP contribution is 2.17. The fraction of sp³-hybridized carbons (Fsp3) is 0.455. The van der Waals surface area contributed by atoms with Gasteiger partial charge in [-0.25, -0.2) is 0 Å². The van der Waals surface area contributed by atoms with Gasteiger partial charge in [0.15, 0.2) is 0 Å². The van der Waals surface area contributed by atoms with Crippen LogP contribution < -0.4 is 5.73 Å². The lowest BCUT2D eigenvalue weighted by molar-refractivity contribution is 1.10. The summed E-state index contributed by atoms with van der Waals surface area (Å²) in [5, 5.41) is 0. The number of hydrogen-bond acceptors (Lipinski definition) is 1. The standard InChI is InChI=1S/C11H19NSi/c1-13(2,3)9-8-10-6-4-5-7-11(10)12/h4-7H,8-9,12H2,1-3H3. The Balaban J connectivity index is 2.60. The molecule has 0 spiro atoms. The minimum absolute atomic E-state index is 0.918. The molecular formula is C11H19NSi. The molecule has 0 amide bonds. The van der Waals surface area contributed by atoms with Crippen LogP contribution in [0.2, 0.25) is 25.7 Å². The van der Waals surface area contributed by atoms with E-state index in [2.05, 4.69) is 31.8 Å². The zero-order valence-electron chi connectivity index (χ0n) is 8.80. The first-order valence-corrected chi connectivity index (χ1v) is 8.53. The molecule has 1 rings (SSSR count). The van der Waals surface area contributed by atoms with Crippen molar-refractivity contribution < 1.29 is 0 Å². The van der Waals surface area contributed by atoms with Gasteiger partial charge in [-0.05, 0) is 18.1 Å². The zero-order valence-corrected chi connectivity index (χ0v) is 9.80. The van der Waals surface area contributed by atoms with E-state index in [1.54, 1.807) is 0 Å². The molecule has 0 saturated heterocycles. The summed E-state index contributed by atoms with van der Waals surface area (Å²) in [5.74, 6) is 0. The normalized spacial score (nSPS) is 11.6. The van der Waals surface area contributed by atoms with Crippen LogP contribution in [0.1, 0.15) is 5.56 Å². The molecule has 0 saturated carbocycles. The SMILES string of the molecule is C[Si](C)(C)CCc1ccccc1N. The molecule has 0 bridgehead atoms. The summed E-state index contributed by atoms with van der Waals surface area (Å²) in [5.41, 5.74) is 8.12. The average Bonchev–Trinajstić information content (AvgIpc) is 2.01. The first-order chi connectivity index (χ1) is 5.99. The molecule has 1 aromatic carbocycles. The molecule has 0 aliphatic heterocycles. The van der Waals surface area contributed by atoms with E-state index in [0.717, 1.165) is 12.1 Å². The van der Waals surface area contributed by atoms with Crippen LogP contribution in [-0.4, -0.2) is 8.07 Å². The lowest BCUT2D eigenvalue weighted by Crippen LogP contribution is -2.20. The maximum atomic E-state index is 5.87. The number of aryl methyl sites for hydroxylation is 1. The van der Waals surface area contributed by atoms with Crippen LogP contribution in [0.15, 0.2) is 24.3 Å². The molecule has 13 heavy (non-hydrogen) atoms. The maximum Gasteiger partial charge on any atom is 0.0445 e. The summed E-state index contributed by atoms with van der Waals surface area (Å²) in [6.45, 7) is 7.18. The summed E-state index contributed by atoms with van der Waals surface area (Å²) in [6.07, 6.45) is 1.14. The molecule has 0 heterocycles. The topological polar surface area (TPSA) is 26.0 Å². The second-order valence-electron chi connectivity index (χ2n) is 4.76. The fourth-order valence-electron chi connectivity index (χ4n) is 1.27. The molecule has 0 aromatic heterocycles. The van der Waals surface area contributed by atoms with Crippen molar-refractivity contribution in [1.29, 1.82) is 0 Å². The van der Waals surface area contributed by atoms with Gasteiger partial charge in [-0.15, -0.1) is 0 Å². The molecule has 0 atom stereocenters. The molecule has 0 unspecified atom stereocenters. The minimum Gasteiger partial charge on any atom is -0.399 e. The summed E-state index contributed by atoms with van der Waals surface area (Å²) >= 11 is 0. The predicted molar refractivity (Wildman–Crippen MR) is 62.7 cm³/mol. The van der Waals surface area contributed by atoms with E-state index >= 15 is 0 Å². The van der Waals surface area contributed by atoms with Crippen molar-refractivity contribution in [2.24, 2.45) is 0 Å². The molecular weight excluding hydrogens is 174 g/mol. The Bertz CT molecular complexity index is 276. The van der Waals surface area contributed by atoms with Gasteiger partial charge in [-0.3, -0.25) is 0 Å². The van der Waals surface area contributed by atoms with Crippen molar-refractivity contribution >= 4 is 13.8 Å². The third-order valence-electron chi connectivity index (χ3n) is 2.20. The molecule has 2 heteroatoms. The Morgan fingerprint density at radius 3 is 2.31 bits per heavy atom. The number of para-hydroxylation sites is 1. The number of nitrogens with two attached hydrogens (primary N) is 1. The van der Waals surface area contributed by atoms with E-state index in [9.17, 15) is 0 Å². The molecule has 0 aliphatic carbocycles. The van der Waals surface area contributed by atoms with Crippen molar-refractivity contribution in [3.8, 4) is 0 Å². The second kappa shape index (κ2) is 3.96. The Labute approximate surface area is 82.0 Å². The molecule has 1 nitrogen and oxygen atoms in total. The van der Waals surface area contributed by atoms with E-state index in [4.69, 9.17) is 5.73 Å². The first kappa shape index (κ1) is 10.3. The van der Waals surface area contributed by atoms with E-state index < -0.39 is 8.07 Å². The van der Waals surface area contributed by atoms with Crippen LogP contribution in [0, 0.1) is 0 Å². The quantitative estimate of drug-likeness (QED) is 0.579. The number of nitrogen functional groups attached to an aromatic ring is 1. The predicted octanol–water partition coefficient (Wildman–Crippen LogP) is 3.15. The Morgan fingerprint density at radius 2 is 1.77 bits per heavy atom. The summed E-state index contributed by atoms with van der Waals surface area (Å²) in [6, 6.07) is 9.50. The van der Waals surface area contributed by atoms with Crippen LogP contribution in [0.4, 0.5) is 5.69 Å². The molecule has 1 aromatic rings. The number of anilines is 1. The Hall–Kier alpha value is -0.763. The van der Waals surface area contributed by atoms with Gasteiger partial charge in [0, 0.05) is 13.8 Å².